The van der Waals surface area contributed by atoms with Gasteiger partial charge in [-0.05, 0) is 30.2 Å². The normalized spacial score (nSPS) is 23.0. The maximum atomic E-state index is 12.9. The van der Waals surface area contributed by atoms with Gasteiger partial charge in [0.05, 0.1) is 23.6 Å². The predicted octanol–water partition coefficient (Wildman–Crippen LogP) is 1.98. The summed E-state index contributed by atoms with van der Waals surface area (Å²) in [7, 11) is -3.77. The van der Waals surface area contributed by atoms with Gasteiger partial charge in [-0.3, -0.25) is 0 Å². The van der Waals surface area contributed by atoms with E-state index in [1.54, 1.807) is 42.5 Å². The van der Waals surface area contributed by atoms with Crippen molar-refractivity contribution in [3.63, 3.8) is 0 Å². The molecule has 0 aliphatic carbocycles. The smallest absolute Gasteiger partial charge is 0.243 e. The molecular weight excluding hydrogens is 350 g/mol. The maximum absolute atomic E-state index is 12.9. The molecule has 1 aliphatic rings. The molecule has 3 rings (SSSR count). The second-order valence-corrected chi connectivity index (χ2v) is 8.02. The lowest BCUT2D eigenvalue weighted by atomic mass is 9.95. The third kappa shape index (κ3) is 3.08. The van der Waals surface area contributed by atoms with E-state index in [9.17, 15) is 18.6 Å². The van der Waals surface area contributed by atoms with E-state index in [2.05, 4.69) is 0 Å². The summed E-state index contributed by atoms with van der Waals surface area (Å²) in [5.41, 5.74) is 1.26. The van der Waals surface area contributed by atoms with Gasteiger partial charge in [-0.2, -0.15) is 4.31 Å². The largest absolute Gasteiger partial charge is 0.395 e. The molecule has 2 aromatic carbocycles. The average molecular weight is 368 g/mol. The van der Waals surface area contributed by atoms with Crippen molar-refractivity contribution in [2.24, 2.45) is 0 Å². The van der Waals surface area contributed by atoms with Crippen LogP contribution in [0.25, 0.3) is 0 Å². The third-order valence-corrected chi connectivity index (χ3v) is 6.49. The van der Waals surface area contributed by atoms with E-state index in [0.717, 1.165) is 5.56 Å². The number of hydrogen-bond donors (Lipinski definition) is 2. The van der Waals surface area contributed by atoms with E-state index in [4.69, 9.17) is 11.6 Å². The lowest BCUT2D eigenvalue weighted by Gasteiger charge is -2.39. The SMILES string of the molecule is O=S1(=O)c2ccccc2[C@H](O)[C@H](Cc2ccc(Cl)cc2)N1CCO. The fraction of sp³-hybridized carbons (Fsp3) is 0.294. The van der Waals surface area contributed by atoms with Crippen LogP contribution in [0.3, 0.4) is 0 Å². The van der Waals surface area contributed by atoms with Gasteiger partial charge in [-0.25, -0.2) is 8.42 Å². The molecule has 0 amide bonds. The molecule has 2 N–H and O–H groups in total. The highest BCUT2D eigenvalue weighted by molar-refractivity contribution is 7.89. The van der Waals surface area contributed by atoms with Gasteiger partial charge in [0.15, 0.2) is 0 Å². The number of fused-ring (bicyclic) bond motifs is 1. The van der Waals surface area contributed by atoms with Gasteiger partial charge in [-0.15, -0.1) is 0 Å². The highest BCUT2D eigenvalue weighted by Gasteiger charge is 2.43. The van der Waals surface area contributed by atoms with Crippen molar-refractivity contribution in [2.75, 3.05) is 13.2 Å². The molecule has 1 heterocycles. The molecule has 0 saturated carbocycles. The first-order chi connectivity index (χ1) is 11.4. The summed E-state index contributed by atoms with van der Waals surface area (Å²) in [6.07, 6.45) is -0.640. The van der Waals surface area contributed by atoms with Crippen molar-refractivity contribution < 1.29 is 18.6 Å². The standard InChI is InChI=1S/C17H18ClNO4S/c18-13-7-5-12(6-8-13)11-15-17(21)14-3-1-2-4-16(14)24(22,23)19(15)9-10-20/h1-8,15,17,20-21H,9-11H2/t15-,17-/m0/s1. The van der Waals surface area contributed by atoms with E-state index in [-0.39, 0.29) is 18.0 Å². The Kier molecular flexibility index (Phi) is 4.94. The van der Waals surface area contributed by atoms with Crippen molar-refractivity contribution in [1.82, 2.24) is 4.31 Å². The Morgan fingerprint density at radius 3 is 2.42 bits per heavy atom. The Labute approximate surface area is 146 Å². The number of rotatable bonds is 4. The second-order valence-electron chi connectivity index (χ2n) is 5.72. The first-order valence-electron chi connectivity index (χ1n) is 7.59. The van der Waals surface area contributed by atoms with Gasteiger partial charge < -0.3 is 10.2 Å². The van der Waals surface area contributed by atoms with E-state index >= 15 is 0 Å². The Morgan fingerprint density at radius 2 is 1.75 bits per heavy atom. The number of nitrogens with zero attached hydrogens (tertiary/aromatic N) is 1. The van der Waals surface area contributed by atoms with Crippen molar-refractivity contribution in [1.29, 1.82) is 0 Å². The molecule has 0 aromatic heterocycles. The molecule has 24 heavy (non-hydrogen) atoms. The number of sulfonamides is 1. The van der Waals surface area contributed by atoms with Crippen LogP contribution in [0.15, 0.2) is 53.4 Å². The third-order valence-electron chi connectivity index (χ3n) is 4.24. The fourth-order valence-electron chi connectivity index (χ4n) is 3.09. The van der Waals surface area contributed by atoms with Crippen LogP contribution in [0.2, 0.25) is 5.02 Å². The summed E-state index contributed by atoms with van der Waals surface area (Å²) in [5.74, 6) is 0. The number of benzene rings is 2. The van der Waals surface area contributed by atoms with Crippen LogP contribution in [-0.2, 0) is 16.4 Å². The van der Waals surface area contributed by atoms with Gasteiger partial charge in [0.2, 0.25) is 10.0 Å². The number of hydrogen-bond acceptors (Lipinski definition) is 4. The van der Waals surface area contributed by atoms with Crippen LogP contribution in [0.4, 0.5) is 0 Å². The van der Waals surface area contributed by atoms with E-state index < -0.39 is 22.2 Å². The minimum atomic E-state index is -3.77. The molecule has 7 heteroatoms. The highest BCUT2D eigenvalue weighted by Crippen LogP contribution is 2.37. The zero-order chi connectivity index (χ0) is 17.3. The summed E-state index contributed by atoms with van der Waals surface area (Å²) >= 11 is 5.88. The number of β-amino-alcohol motifs (C(OH)–C–C–N with tert-alkyl or cyclic N) is 1. The van der Waals surface area contributed by atoms with Crippen molar-refractivity contribution >= 4 is 21.6 Å². The second kappa shape index (κ2) is 6.82. The first kappa shape index (κ1) is 17.4. The topological polar surface area (TPSA) is 77.8 Å². The Bertz CT molecular complexity index is 823. The molecule has 0 unspecified atom stereocenters. The Hall–Kier alpha value is -1.44. The molecule has 2 aromatic rings. The van der Waals surface area contributed by atoms with Gasteiger partial charge in [0, 0.05) is 17.1 Å². The quantitative estimate of drug-likeness (QED) is 0.866. The summed E-state index contributed by atoms with van der Waals surface area (Å²) < 4.78 is 26.9. The zero-order valence-electron chi connectivity index (χ0n) is 12.8. The average Bonchev–Trinajstić information content (AvgIpc) is 2.58. The van der Waals surface area contributed by atoms with Crippen LogP contribution < -0.4 is 0 Å². The van der Waals surface area contributed by atoms with Gasteiger partial charge in [0.25, 0.3) is 0 Å². The fourth-order valence-corrected chi connectivity index (χ4v) is 5.07. The molecule has 0 bridgehead atoms. The molecule has 0 fully saturated rings. The molecule has 0 spiro atoms. The lowest BCUT2D eigenvalue weighted by molar-refractivity contribution is 0.0725. The van der Waals surface area contributed by atoms with Crippen LogP contribution >= 0.6 is 11.6 Å². The lowest BCUT2D eigenvalue weighted by Crippen LogP contribution is -2.50. The summed E-state index contributed by atoms with van der Waals surface area (Å²) in [5, 5.41) is 20.6. The maximum Gasteiger partial charge on any atom is 0.243 e. The molecule has 5 nitrogen and oxygen atoms in total. The van der Waals surface area contributed by atoms with E-state index in [0.29, 0.717) is 17.0 Å². The highest BCUT2D eigenvalue weighted by atomic mass is 35.5. The summed E-state index contributed by atoms with van der Waals surface area (Å²) in [6, 6.07) is 12.8. The minimum Gasteiger partial charge on any atom is -0.395 e. The summed E-state index contributed by atoms with van der Waals surface area (Å²) in [4.78, 5) is 0.0957. The molecule has 2 atom stereocenters. The first-order valence-corrected chi connectivity index (χ1v) is 9.41. The molecule has 0 saturated heterocycles. The minimum absolute atomic E-state index is 0.0635. The molecule has 0 radical (unpaired) electrons. The van der Waals surface area contributed by atoms with Crippen molar-refractivity contribution in [3.8, 4) is 0 Å². The van der Waals surface area contributed by atoms with Crippen LogP contribution in [0.1, 0.15) is 17.2 Å². The molecular formula is C17H18ClNO4S. The van der Waals surface area contributed by atoms with Crippen molar-refractivity contribution in [3.05, 3.63) is 64.7 Å². The summed E-state index contributed by atoms with van der Waals surface area (Å²) in [6.45, 7) is -0.378. The monoisotopic (exact) mass is 367 g/mol. The Balaban J connectivity index is 2.04. The zero-order valence-corrected chi connectivity index (χ0v) is 14.4. The number of aliphatic hydroxyl groups excluding tert-OH is 2. The van der Waals surface area contributed by atoms with Crippen molar-refractivity contribution in [2.45, 2.75) is 23.5 Å². The van der Waals surface area contributed by atoms with Crippen LogP contribution in [0, 0.1) is 0 Å². The molecule has 128 valence electrons. The van der Waals surface area contributed by atoms with E-state index in [1.165, 1.54) is 10.4 Å². The number of aliphatic hydroxyl groups is 2. The van der Waals surface area contributed by atoms with Gasteiger partial charge >= 0.3 is 0 Å². The number of halogens is 1. The van der Waals surface area contributed by atoms with Crippen LogP contribution in [-0.4, -0.2) is 42.1 Å². The predicted molar refractivity (Wildman–Crippen MR) is 91.3 cm³/mol. The van der Waals surface area contributed by atoms with E-state index in [1.807, 2.05) is 0 Å². The van der Waals surface area contributed by atoms with Crippen LogP contribution in [0.5, 0.6) is 0 Å². The van der Waals surface area contributed by atoms with Gasteiger partial charge in [0.1, 0.15) is 0 Å². The van der Waals surface area contributed by atoms with Gasteiger partial charge in [-0.1, -0.05) is 41.9 Å². The molecule has 1 aliphatic heterocycles. The Morgan fingerprint density at radius 1 is 1.08 bits per heavy atom.